The van der Waals surface area contributed by atoms with Gasteiger partial charge in [0, 0.05) is 11.4 Å². The highest BCUT2D eigenvalue weighted by Gasteiger charge is 2.20. The number of hydrogen-bond donors (Lipinski definition) is 1. The third kappa shape index (κ3) is 1.36. The predicted octanol–water partition coefficient (Wildman–Crippen LogP) is 1.46. The Morgan fingerprint density at radius 3 is 2.71 bits per heavy atom. The van der Waals surface area contributed by atoms with Gasteiger partial charge in [0.2, 0.25) is 0 Å². The first kappa shape index (κ1) is 9.43. The molecule has 1 aromatic carbocycles. The van der Waals surface area contributed by atoms with Gasteiger partial charge in [-0.15, -0.1) is 0 Å². The second-order valence-electron chi connectivity index (χ2n) is 3.43. The summed E-state index contributed by atoms with van der Waals surface area (Å²) in [7, 11) is -3.17. The molecule has 0 amide bonds. The first-order valence-corrected chi connectivity index (χ1v) is 5.88. The highest BCUT2D eigenvalue weighted by atomic mass is 32.2. The summed E-state index contributed by atoms with van der Waals surface area (Å²) in [5, 5.41) is 1.22. The molecule has 1 heterocycles. The molecule has 1 aliphatic heterocycles. The summed E-state index contributed by atoms with van der Waals surface area (Å²) in [6.45, 7) is 1.87. The Hall–Kier alpha value is -1.13. The Bertz CT molecular complexity index is 501. The van der Waals surface area contributed by atoms with Crippen LogP contribution in [0, 0.1) is 0 Å². The number of sulfone groups is 1. The van der Waals surface area contributed by atoms with Gasteiger partial charge in [0.25, 0.3) is 0 Å². The lowest BCUT2D eigenvalue weighted by atomic mass is 10.1. The van der Waals surface area contributed by atoms with Gasteiger partial charge in [-0.1, -0.05) is 6.07 Å². The molecular formula is C10H11NO2S. The molecule has 0 aromatic heterocycles. The van der Waals surface area contributed by atoms with Crippen LogP contribution in [-0.2, 0) is 9.84 Å². The maximum absolute atomic E-state index is 11.4. The minimum atomic E-state index is -3.17. The van der Waals surface area contributed by atoms with Gasteiger partial charge in [-0.2, -0.15) is 0 Å². The number of benzene rings is 1. The first-order chi connectivity index (χ1) is 6.50. The first-order valence-electron chi connectivity index (χ1n) is 4.33. The van der Waals surface area contributed by atoms with E-state index < -0.39 is 9.84 Å². The molecule has 2 N–H and O–H groups in total. The fourth-order valence-corrected chi connectivity index (χ4v) is 2.66. The Morgan fingerprint density at radius 2 is 2.07 bits per heavy atom. The van der Waals surface area contributed by atoms with Gasteiger partial charge in [-0.25, -0.2) is 8.42 Å². The zero-order valence-electron chi connectivity index (χ0n) is 7.77. The van der Waals surface area contributed by atoms with E-state index >= 15 is 0 Å². The molecule has 0 aliphatic carbocycles. The molecular weight excluding hydrogens is 198 g/mol. The van der Waals surface area contributed by atoms with Crippen LogP contribution in [0.5, 0.6) is 0 Å². The van der Waals surface area contributed by atoms with E-state index in [4.69, 9.17) is 5.73 Å². The zero-order valence-corrected chi connectivity index (χ0v) is 8.58. The van der Waals surface area contributed by atoms with E-state index in [0.29, 0.717) is 4.90 Å². The fraction of sp³-hybridized carbons (Fsp3) is 0.200. The van der Waals surface area contributed by atoms with Crippen LogP contribution in [0.2, 0.25) is 0 Å². The summed E-state index contributed by atoms with van der Waals surface area (Å²) in [5.74, 6) is 0. The highest BCUT2D eigenvalue weighted by molar-refractivity contribution is 7.94. The van der Waals surface area contributed by atoms with Crippen molar-refractivity contribution in [2.45, 2.75) is 17.9 Å². The van der Waals surface area contributed by atoms with Crippen molar-refractivity contribution in [3.05, 3.63) is 34.7 Å². The standard InChI is InChI=1S/C10H11NO2S/c1-7(11)8-2-3-10-9(6-8)4-5-14(10,12)13/h2-7H,11H2,1H3. The Kier molecular flexibility index (Phi) is 1.97. The van der Waals surface area contributed by atoms with E-state index in [1.54, 1.807) is 18.2 Å². The summed E-state index contributed by atoms with van der Waals surface area (Å²) in [6.07, 6.45) is 1.61. The molecule has 0 radical (unpaired) electrons. The number of fused-ring (bicyclic) bond motifs is 1. The number of nitrogens with two attached hydrogens (primary N) is 1. The van der Waals surface area contributed by atoms with E-state index in [1.807, 2.05) is 13.0 Å². The molecule has 3 nitrogen and oxygen atoms in total. The summed E-state index contributed by atoms with van der Waals surface area (Å²) >= 11 is 0. The molecule has 0 bridgehead atoms. The molecule has 0 spiro atoms. The molecule has 4 heteroatoms. The van der Waals surface area contributed by atoms with Gasteiger partial charge < -0.3 is 5.73 Å². The fourth-order valence-electron chi connectivity index (χ4n) is 1.48. The maximum atomic E-state index is 11.4. The van der Waals surface area contributed by atoms with E-state index in [9.17, 15) is 8.42 Å². The van der Waals surface area contributed by atoms with Crippen molar-refractivity contribution in [3.63, 3.8) is 0 Å². The van der Waals surface area contributed by atoms with E-state index in [0.717, 1.165) is 11.1 Å². The lowest BCUT2D eigenvalue weighted by molar-refractivity contribution is 0.605. The van der Waals surface area contributed by atoms with Gasteiger partial charge >= 0.3 is 0 Å². The van der Waals surface area contributed by atoms with Crippen molar-refractivity contribution in [1.29, 1.82) is 0 Å². The second-order valence-corrected chi connectivity index (χ2v) is 5.24. The van der Waals surface area contributed by atoms with Crippen LogP contribution in [0.3, 0.4) is 0 Å². The van der Waals surface area contributed by atoms with Crippen LogP contribution >= 0.6 is 0 Å². The highest BCUT2D eigenvalue weighted by Crippen LogP contribution is 2.28. The molecule has 0 saturated heterocycles. The van der Waals surface area contributed by atoms with Crippen LogP contribution in [-0.4, -0.2) is 8.42 Å². The van der Waals surface area contributed by atoms with Crippen molar-refractivity contribution < 1.29 is 8.42 Å². The third-order valence-corrected chi connectivity index (χ3v) is 3.77. The van der Waals surface area contributed by atoms with Gasteiger partial charge in [-0.3, -0.25) is 0 Å². The molecule has 1 aliphatic rings. The lowest BCUT2D eigenvalue weighted by Gasteiger charge is -2.06. The molecule has 74 valence electrons. The van der Waals surface area contributed by atoms with Gasteiger partial charge in [-0.05, 0) is 36.3 Å². The van der Waals surface area contributed by atoms with Gasteiger partial charge in [0.15, 0.2) is 9.84 Å². The zero-order chi connectivity index (χ0) is 10.3. The van der Waals surface area contributed by atoms with Gasteiger partial charge in [0.05, 0.1) is 4.90 Å². The van der Waals surface area contributed by atoms with Crippen LogP contribution in [0.1, 0.15) is 24.1 Å². The maximum Gasteiger partial charge on any atom is 0.200 e. The van der Waals surface area contributed by atoms with Crippen molar-refractivity contribution >= 4 is 15.9 Å². The Morgan fingerprint density at radius 1 is 1.36 bits per heavy atom. The molecule has 1 atom stereocenters. The van der Waals surface area contributed by atoms with Crippen LogP contribution in [0.4, 0.5) is 0 Å². The monoisotopic (exact) mass is 209 g/mol. The van der Waals surface area contributed by atoms with Crippen molar-refractivity contribution in [2.75, 3.05) is 0 Å². The average molecular weight is 209 g/mol. The van der Waals surface area contributed by atoms with Crippen molar-refractivity contribution in [2.24, 2.45) is 5.73 Å². The SMILES string of the molecule is CC(N)c1ccc2c(c1)C=CS2(=O)=O. The minimum absolute atomic E-state index is 0.0722. The Labute approximate surface area is 83.2 Å². The van der Waals surface area contributed by atoms with Crippen molar-refractivity contribution in [1.82, 2.24) is 0 Å². The second kappa shape index (κ2) is 2.93. The lowest BCUT2D eigenvalue weighted by Crippen LogP contribution is -2.05. The normalized spacial score (nSPS) is 19.3. The van der Waals surface area contributed by atoms with E-state index in [2.05, 4.69) is 0 Å². The topological polar surface area (TPSA) is 60.2 Å². The van der Waals surface area contributed by atoms with Crippen LogP contribution in [0.15, 0.2) is 28.5 Å². The molecule has 1 unspecified atom stereocenters. The number of rotatable bonds is 1. The minimum Gasteiger partial charge on any atom is -0.324 e. The summed E-state index contributed by atoms with van der Waals surface area (Å²) in [4.78, 5) is 0.377. The Balaban J connectivity index is 2.61. The van der Waals surface area contributed by atoms with Crippen LogP contribution in [0.25, 0.3) is 6.08 Å². The average Bonchev–Trinajstić information content (AvgIpc) is 2.42. The molecule has 2 rings (SSSR count). The molecule has 1 aromatic rings. The third-order valence-electron chi connectivity index (χ3n) is 2.29. The van der Waals surface area contributed by atoms with E-state index in [-0.39, 0.29) is 6.04 Å². The number of hydrogen-bond acceptors (Lipinski definition) is 3. The molecule has 0 saturated carbocycles. The quantitative estimate of drug-likeness (QED) is 0.761. The largest absolute Gasteiger partial charge is 0.324 e. The molecule has 0 fully saturated rings. The van der Waals surface area contributed by atoms with E-state index in [1.165, 1.54) is 5.41 Å². The molecule has 14 heavy (non-hydrogen) atoms. The smallest absolute Gasteiger partial charge is 0.200 e. The predicted molar refractivity (Wildman–Crippen MR) is 55.3 cm³/mol. The summed E-state index contributed by atoms with van der Waals surface area (Å²) in [6, 6.07) is 5.12. The van der Waals surface area contributed by atoms with Crippen LogP contribution < -0.4 is 5.73 Å². The van der Waals surface area contributed by atoms with Crippen molar-refractivity contribution in [3.8, 4) is 0 Å². The summed E-state index contributed by atoms with van der Waals surface area (Å²) < 4.78 is 22.8. The van der Waals surface area contributed by atoms with Gasteiger partial charge in [0.1, 0.15) is 0 Å². The summed E-state index contributed by atoms with van der Waals surface area (Å²) in [5.41, 5.74) is 7.39.